The molecule has 0 radical (unpaired) electrons. The Kier molecular flexibility index (Phi) is 4.14. The van der Waals surface area contributed by atoms with E-state index >= 15 is 0 Å². The zero-order chi connectivity index (χ0) is 14.8. The van der Waals surface area contributed by atoms with Gasteiger partial charge in [0.05, 0.1) is 10.7 Å². The van der Waals surface area contributed by atoms with Crippen LogP contribution in [0.1, 0.15) is 10.7 Å². The van der Waals surface area contributed by atoms with E-state index < -0.39 is 0 Å². The summed E-state index contributed by atoms with van der Waals surface area (Å²) in [6.07, 6.45) is 0. The molecular weight excluding hydrogens is 326 g/mol. The van der Waals surface area contributed by atoms with Gasteiger partial charge in [-0.2, -0.15) is 0 Å². The van der Waals surface area contributed by atoms with E-state index in [0.717, 1.165) is 22.0 Å². The van der Waals surface area contributed by atoms with E-state index in [0.29, 0.717) is 16.0 Å². The Morgan fingerprint density at radius 1 is 1.29 bits per heavy atom. The zero-order valence-electron chi connectivity index (χ0n) is 11.2. The average molecular weight is 338 g/mol. The molecule has 0 spiro atoms. The molecule has 2 N–H and O–H groups in total. The number of nitrogens with zero attached hydrogens (tertiary/aromatic N) is 4. The minimum atomic E-state index is 0.614. The normalized spacial score (nSPS) is 11.0. The van der Waals surface area contributed by atoms with Crippen molar-refractivity contribution in [1.82, 2.24) is 19.9 Å². The molecule has 0 aliphatic rings. The van der Waals surface area contributed by atoms with Crippen molar-refractivity contribution in [3.05, 3.63) is 45.4 Å². The number of aryl methyl sites for hydroxylation is 1. The Morgan fingerprint density at radius 3 is 2.71 bits per heavy atom. The average Bonchev–Trinajstić information content (AvgIpc) is 3.04. The standard InChI is InChI=1S/C13H12ClN5S2/c1-8-16-11(6-20-8)7-21-13-18-17-12(19(13)15)9-2-4-10(14)5-3-9/h2-6H,7,15H2,1H3. The van der Waals surface area contributed by atoms with Crippen molar-refractivity contribution in [2.75, 3.05) is 5.84 Å². The summed E-state index contributed by atoms with van der Waals surface area (Å²) in [5.74, 6) is 7.40. The molecule has 0 saturated heterocycles. The third kappa shape index (κ3) is 3.20. The van der Waals surface area contributed by atoms with Crippen LogP contribution >= 0.6 is 34.7 Å². The van der Waals surface area contributed by atoms with Gasteiger partial charge in [-0.1, -0.05) is 23.4 Å². The molecular formula is C13H12ClN5S2. The molecule has 0 fully saturated rings. The fraction of sp³-hybridized carbons (Fsp3) is 0.154. The molecule has 0 saturated carbocycles. The van der Waals surface area contributed by atoms with E-state index in [4.69, 9.17) is 17.4 Å². The lowest BCUT2D eigenvalue weighted by Gasteiger charge is -2.03. The van der Waals surface area contributed by atoms with Gasteiger partial charge in [0.2, 0.25) is 5.16 Å². The van der Waals surface area contributed by atoms with Crippen molar-refractivity contribution in [2.24, 2.45) is 0 Å². The largest absolute Gasteiger partial charge is 0.335 e. The zero-order valence-corrected chi connectivity index (χ0v) is 13.5. The fourth-order valence-electron chi connectivity index (χ4n) is 1.78. The molecule has 21 heavy (non-hydrogen) atoms. The van der Waals surface area contributed by atoms with E-state index in [1.54, 1.807) is 23.5 Å². The second-order valence-electron chi connectivity index (χ2n) is 4.33. The van der Waals surface area contributed by atoms with E-state index in [9.17, 15) is 0 Å². The summed E-state index contributed by atoms with van der Waals surface area (Å²) in [6.45, 7) is 1.99. The molecule has 0 amide bonds. The molecule has 0 aliphatic heterocycles. The first kappa shape index (κ1) is 14.4. The number of thioether (sulfide) groups is 1. The van der Waals surface area contributed by atoms with Gasteiger partial charge < -0.3 is 5.84 Å². The third-order valence-electron chi connectivity index (χ3n) is 2.78. The minimum Gasteiger partial charge on any atom is -0.335 e. The highest BCUT2D eigenvalue weighted by molar-refractivity contribution is 7.98. The van der Waals surface area contributed by atoms with Gasteiger partial charge >= 0.3 is 0 Å². The topological polar surface area (TPSA) is 69.6 Å². The number of thiazole rings is 1. The highest BCUT2D eigenvalue weighted by Gasteiger charge is 2.12. The van der Waals surface area contributed by atoms with E-state index in [-0.39, 0.29) is 0 Å². The van der Waals surface area contributed by atoms with Crippen LogP contribution in [0.25, 0.3) is 11.4 Å². The van der Waals surface area contributed by atoms with Gasteiger partial charge in [0.1, 0.15) is 0 Å². The Balaban J connectivity index is 1.77. The number of aromatic nitrogens is 4. The maximum Gasteiger partial charge on any atom is 0.210 e. The summed E-state index contributed by atoms with van der Waals surface area (Å²) in [7, 11) is 0. The Bertz CT molecular complexity index is 750. The van der Waals surface area contributed by atoms with Crippen LogP contribution in [0.5, 0.6) is 0 Å². The first-order valence-electron chi connectivity index (χ1n) is 6.14. The third-order valence-corrected chi connectivity index (χ3v) is 4.83. The van der Waals surface area contributed by atoms with Crippen LogP contribution in [0.15, 0.2) is 34.8 Å². The lowest BCUT2D eigenvalue weighted by molar-refractivity contribution is 0.849. The van der Waals surface area contributed by atoms with Crippen LogP contribution in [-0.4, -0.2) is 19.9 Å². The molecule has 0 bridgehead atoms. The SMILES string of the molecule is Cc1nc(CSc2nnc(-c3ccc(Cl)cc3)n2N)cs1. The van der Waals surface area contributed by atoms with Gasteiger partial charge in [0, 0.05) is 21.7 Å². The maximum absolute atomic E-state index is 6.06. The molecule has 108 valence electrons. The van der Waals surface area contributed by atoms with Gasteiger partial charge in [-0.3, -0.25) is 0 Å². The van der Waals surface area contributed by atoms with Crippen LogP contribution < -0.4 is 5.84 Å². The minimum absolute atomic E-state index is 0.614. The molecule has 0 aliphatic carbocycles. The summed E-state index contributed by atoms with van der Waals surface area (Å²) >= 11 is 9.03. The van der Waals surface area contributed by atoms with E-state index in [2.05, 4.69) is 15.2 Å². The van der Waals surface area contributed by atoms with Crippen molar-refractivity contribution in [3.63, 3.8) is 0 Å². The number of hydrogen-bond acceptors (Lipinski definition) is 6. The molecule has 3 aromatic rings. The quantitative estimate of drug-likeness (QED) is 0.584. The van der Waals surface area contributed by atoms with E-state index in [1.807, 2.05) is 24.4 Å². The number of nitrogen functional groups attached to an aromatic ring is 1. The molecule has 2 heterocycles. The Morgan fingerprint density at radius 2 is 2.05 bits per heavy atom. The number of halogens is 1. The van der Waals surface area contributed by atoms with Gasteiger partial charge in [-0.15, -0.1) is 21.5 Å². The molecule has 1 aromatic carbocycles. The van der Waals surface area contributed by atoms with Gasteiger partial charge in [0.15, 0.2) is 5.82 Å². The number of rotatable bonds is 4. The summed E-state index contributed by atoms with van der Waals surface area (Å²) in [5.41, 5.74) is 1.91. The Labute approximate surface area is 135 Å². The fourth-order valence-corrected chi connectivity index (χ4v) is 3.38. The van der Waals surface area contributed by atoms with Crippen LogP contribution in [0.2, 0.25) is 5.02 Å². The second kappa shape index (κ2) is 6.05. The van der Waals surface area contributed by atoms with Crippen molar-refractivity contribution in [1.29, 1.82) is 0 Å². The maximum atomic E-state index is 6.06. The van der Waals surface area contributed by atoms with Gasteiger partial charge in [-0.05, 0) is 31.2 Å². The van der Waals surface area contributed by atoms with Gasteiger partial charge in [0.25, 0.3) is 0 Å². The summed E-state index contributed by atoms with van der Waals surface area (Å²) in [6, 6.07) is 7.34. The first-order valence-corrected chi connectivity index (χ1v) is 8.38. The van der Waals surface area contributed by atoms with Crippen molar-refractivity contribution in [2.45, 2.75) is 17.8 Å². The molecule has 3 rings (SSSR count). The lowest BCUT2D eigenvalue weighted by atomic mass is 10.2. The molecule has 5 nitrogen and oxygen atoms in total. The summed E-state index contributed by atoms with van der Waals surface area (Å²) in [5, 5.41) is 12.7. The summed E-state index contributed by atoms with van der Waals surface area (Å²) in [4.78, 5) is 4.41. The van der Waals surface area contributed by atoms with Crippen LogP contribution in [0, 0.1) is 6.92 Å². The van der Waals surface area contributed by atoms with Crippen molar-refractivity contribution in [3.8, 4) is 11.4 Å². The molecule has 0 unspecified atom stereocenters. The number of hydrogen-bond donors (Lipinski definition) is 1. The van der Waals surface area contributed by atoms with Crippen molar-refractivity contribution < 1.29 is 0 Å². The van der Waals surface area contributed by atoms with Crippen molar-refractivity contribution >= 4 is 34.7 Å². The second-order valence-corrected chi connectivity index (χ2v) is 6.77. The van der Waals surface area contributed by atoms with Gasteiger partial charge in [-0.25, -0.2) is 9.66 Å². The number of benzene rings is 1. The Hall–Kier alpha value is -1.57. The highest BCUT2D eigenvalue weighted by atomic mass is 35.5. The predicted octanol–water partition coefficient (Wildman–Crippen LogP) is 3.37. The molecule has 0 atom stereocenters. The number of nitrogens with two attached hydrogens (primary N) is 1. The van der Waals surface area contributed by atoms with Crippen LogP contribution in [0.4, 0.5) is 0 Å². The van der Waals surface area contributed by atoms with Crippen LogP contribution in [-0.2, 0) is 5.75 Å². The van der Waals surface area contributed by atoms with E-state index in [1.165, 1.54) is 16.4 Å². The lowest BCUT2D eigenvalue weighted by Crippen LogP contribution is -2.11. The van der Waals surface area contributed by atoms with Crippen LogP contribution in [0.3, 0.4) is 0 Å². The predicted molar refractivity (Wildman–Crippen MR) is 87.0 cm³/mol. The molecule has 8 heteroatoms. The highest BCUT2D eigenvalue weighted by Crippen LogP contribution is 2.25. The first-order chi connectivity index (χ1) is 10.1. The smallest absolute Gasteiger partial charge is 0.210 e. The summed E-state index contributed by atoms with van der Waals surface area (Å²) < 4.78 is 1.49. The monoisotopic (exact) mass is 337 g/mol. The molecule has 2 aromatic heterocycles.